The molecule has 0 atom stereocenters. The highest BCUT2D eigenvalue weighted by atomic mass is 19.4. The van der Waals surface area contributed by atoms with Crippen molar-refractivity contribution in [1.82, 2.24) is 15.5 Å². The highest BCUT2D eigenvalue weighted by Crippen LogP contribution is 2.33. The van der Waals surface area contributed by atoms with Crippen LogP contribution in [0.2, 0.25) is 0 Å². The first-order valence-corrected chi connectivity index (χ1v) is 4.66. The molecule has 0 bridgehead atoms. The van der Waals surface area contributed by atoms with Gasteiger partial charge in [0.1, 0.15) is 0 Å². The molecule has 0 aliphatic heterocycles. The van der Waals surface area contributed by atoms with Crippen LogP contribution in [0.25, 0.3) is 0 Å². The molecule has 1 aromatic heterocycles. The lowest BCUT2D eigenvalue weighted by molar-refractivity contribution is -0.141. The number of hydrogen-bond donors (Lipinski definition) is 2. The van der Waals surface area contributed by atoms with Crippen LogP contribution in [0, 0.1) is 0 Å². The van der Waals surface area contributed by atoms with E-state index in [-0.39, 0.29) is 18.0 Å². The summed E-state index contributed by atoms with van der Waals surface area (Å²) < 4.78 is 37.6. The van der Waals surface area contributed by atoms with Gasteiger partial charge in [0.05, 0.1) is 0 Å². The maximum atomic E-state index is 12.5. The minimum absolute atomic E-state index is 0.00282. The fourth-order valence-corrected chi connectivity index (χ4v) is 1.45. The lowest BCUT2D eigenvalue weighted by Gasteiger charge is -2.09. The molecule has 0 fully saturated rings. The summed E-state index contributed by atoms with van der Waals surface area (Å²) in [6.45, 7) is 3.82. The van der Waals surface area contributed by atoms with Crippen molar-refractivity contribution in [3.05, 3.63) is 17.0 Å². The van der Waals surface area contributed by atoms with Gasteiger partial charge in [-0.25, -0.2) is 0 Å². The van der Waals surface area contributed by atoms with Crippen LogP contribution in [-0.2, 0) is 12.7 Å². The average molecular weight is 221 g/mol. The maximum absolute atomic E-state index is 12.5. The van der Waals surface area contributed by atoms with Gasteiger partial charge in [-0.15, -0.1) is 0 Å². The SMILES string of the molecule is CNCc1c(C(F)(F)F)n[nH]c1C(C)C. The van der Waals surface area contributed by atoms with Crippen molar-refractivity contribution < 1.29 is 13.2 Å². The van der Waals surface area contributed by atoms with Crippen molar-refractivity contribution >= 4 is 0 Å². The molecule has 0 unspecified atom stereocenters. The van der Waals surface area contributed by atoms with Gasteiger partial charge in [-0.1, -0.05) is 13.8 Å². The van der Waals surface area contributed by atoms with Crippen LogP contribution in [0.5, 0.6) is 0 Å². The van der Waals surface area contributed by atoms with Crippen molar-refractivity contribution in [1.29, 1.82) is 0 Å². The maximum Gasteiger partial charge on any atom is 0.435 e. The first-order chi connectivity index (χ1) is 6.88. The van der Waals surface area contributed by atoms with Gasteiger partial charge in [-0.2, -0.15) is 18.3 Å². The molecular weight excluding hydrogens is 207 g/mol. The fraction of sp³-hybridized carbons (Fsp3) is 0.667. The van der Waals surface area contributed by atoms with Gasteiger partial charge in [-0.3, -0.25) is 5.10 Å². The van der Waals surface area contributed by atoms with Crippen LogP contribution < -0.4 is 5.32 Å². The molecular formula is C9H14F3N3. The topological polar surface area (TPSA) is 40.7 Å². The number of alkyl halides is 3. The third-order valence-corrected chi connectivity index (χ3v) is 2.10. The molecule has 1 rings (SSSR count). The molecule has 6 heteroatoms. The number of aromatic amines is 1. The lowest BCUT2D eigenvalue weighted by Crippen LogP contribution is -2.14. The molecule has 0 saturated heterocycles. The van der Waals surface area contributed by atoms with E-state index in [4.69, 9.17) is 0 Å². The quantitative estimate of drug-likeness (QED) is 0.822. The second-order valence-electron chi connectivity index (χ2n) is 3.65. The molecule has 1 aromatic rings. The summed E-state index contributed by atoms with van der Waals surface area (Å²) in [5, 5.41) is 8.51. The van der Waals surface area contributed by atoms with E-state index in [9.17, 15) is 13.2 Å². The molecule has 15 heavy (non-hydrogen) atoms. The standard InChI is InChI=1S/C9H14F3N3/c1-5(2)7-6(4-13-3)8(15-14-7)9(10,11)12/h5,13H,4H2,1-3H3,(H,14,15). The van der Waals surface area contributed by atoms with E-state index in [1.807, 2.05) is 13.8 Å². The summed E-state index contributed by atoms with van der Waals surface area (Å²) in [5.41, 5.74) is -0.0720. The zero-order valence-electron chi connectivity index (χ0n) is 8.87. The van der Waals surface area contributed by atoms with Gasteiger partial charge in [-0.05, 0) is 13.0 Å². The van der Waals surface area contributed by atoms with Crippen LogP contribution in [0.3, 0.4) is 0 Å². The smallest absolute Gasteiger partial charge is 0.316 e. The van der Waals surface area contributed by atoms with Crippen LogP contribution in [-0.4, -0.2) is 17.2 Å². The number of nitrogens with one attached hydrogen (secondary N) is 2. The molecule has 0 aliphatic carbocycles. The Morgan fingerprint density at radius 3 is 2.40 bits per heavy atom. The van der Waals surface area contributed by atoms with Gasteiger partial charge in [0, 0.05) is 17.8 Å². The Morgan fingerprint density at radius 1 is 1.40 bits per heavy atom. The average Bonchev–Trinajstić information content (AvgIpc) is 2.47. The summed E-state index contributed by atoms with van der Waals surface area (Å²) in [7, 11) is 1.61. The van der Waals surface area contributed by atoms with Gasteiger partial charge in [0.25, 0.3) is 0 Å². The second kappa shape index (κ2) is 4.22. The number of halogens is 3. The van der Waals surface area contributed by atoms with Crippen LogP contribution >= 0.6 is 0 Å². The zero-order valence-corrected chi connectivity index (χ0v) is 8.87. The van der Waals surface area contributed by atoms with Crippen molar-refractivity contribution in [2.45, 2.75) is 32.5 Å². The third kappa shape index (κ3) is 2.50. The zero-order chi connectivity index (χ0) is 11.6. The fourth-order valence-electron chi connectivity index (χ4n) is 1.45. The normalized spacial score (nSPS) is 12.5. The molecule has 86 valence electrons. The number of nitrogens with zero attached hydrogens (tertiary/aromatic N) is 1. The summed E-state index contributed by atoms with van der Waals surface area (Å²) in [6, 6.07) is 0. The monoisotopic (exact) mass is 221 g/mol. The van der Waals surface area contributed by atoms with Gasteiger partial charge < -0.3 is 5.32 Å². The van der Waals surface area contributed by atoms with Crippen LogP contribution in [0.15, 0.2) is 0 Å². The Kier molecular flexibility index (Phi) is 3.38. The lowest BCUT2D eigenvalue weighted by atomic mass is 10.0. The van der Waals surface area contributed by atoms with E-state index in [0.717, 1.165) is 0 Å². The van der Waals surface area contributed by atoms with Crippen LogP contribution in [0.4, 0.5) is 13.2 Å². The Labute approximate surface area is 86.1 Å². The first-order valence-electron chi connectivity index (χ1n) is 4.66. The number of rotatable bonds is 3. The van der Waals surface area contributed by atoms with Crippen molar-refractivity contribution in [3.63, 3.8) is 0 Å². The minimum atomic E-state index is -4.39. The Balaban J connectivity index is 3.18. The summed E-state index contributed by atoms with van der Waals surface area (Å²) >= 11 is 0. The predicted molar refractivity (Wildman–Crippen MR) is 50.4 cm³/mol. The van der Waals surface area contributed by atoms with E-state index in [2.05, 4.69) is 15.5 Å². The molecule has 0 saturated carbocycles. The van der Waals surface area contributed by atoms with E-state index in [0.29, 0.717) is 5.69 Å². The first kappa shape index (κ1) is 12.0. The molecule has 0 aliphatic rings. The van der Waals surface area contributed by atoms with Crippen LogP contribution in [0.1, 0.15) is 36.7 Å². The molecule has 3 nitrogen and oxygen atoms in total. The number of H-pyrrole nitrogens is 1. The van der Waals surface area contributed by atoms with Crippen molar-refractivity contribution in [3.8, 4) is 0 Å². The van der Waals surface area contributed by atoms with E-state index < -0.39 is 11.9 Å². The Bertz CT molecular complexity index is 328. The van der Waals surface area contributed by atoms with Crippen molar-refractivity contribution in [2.75, 3.05) is 7.05 Å². The molecule has 1 heterocycles. The van der Waals surface area contributed by atoms with E-state index in [1.54, 1.807) is 7.05 Å². The predicted octanol–water partition coefficient (Wildman–Crippen LogP) is 2.27. The third-order valence-electron chi connectivity index (χ3n) is 2.10. The second-order valence-corrected chi connectivity index (χ2v) is 3.65. The number of aromatic nitrogens is 2. The van der Waals surface area contributed by atoms with E-state index in [1.165, 1.54) is 0 Å². The molecule has 0 aromatic carbocycles. The largest absolute Gasteiger partial charge is 0.435 e. The molecule has 2 N–H and O–H groups in total. The summed E-state index contributed by atoms with van der Waals surface area (Å²) in [6.07, 6.45) is -4.39. The molecule has 0 amide bonds. The summed E-state index contributed by atoms with van der Waals surface area (Å²) in [4.78, 5) is 0. The molecule has 0 spiro atoms. The Morgan fingerprint density at radius 2 is 2.00 bits per heavy atom. The highest BCUT2D eigenvalue weighted by molar-refractivity contribution is 5.29. The van der Waals surface area contributed by atoms with Gasteiger partial charge in [0.15, 0.2) is 5.69 Å². The molecule has 0 radical (unpaired) electrons. The van der Waals surface area contributed by atoms with Gasteiger partial charge >= 0.3 is 6.18 Å². The highest BCUT2D eigenvalue weighted by Gasteiger charge is 2.37. The minimum Gasteiger partial charge on any atom is -0.316 e. The van der Waals surface area contributed by atoms with E-state index >= 15 is 0 Å². The number of hydrogen-bond acceptors (Lipinski definition) is 2. The Hall–Kier alpha value is -1.04. The van der Waals surface area contributed by atoms with Gasteiger partial charge in [0.2, 0.25) is 0 Å². The summed E-state index contributed by atoms with van der Waals surface area (Å²) in [5.74, 6) is -0.00282. The van der Waals surface area contributed by atoms with Crippen molar-refractivity contribution in [2.24, 2.45) is 0 Å².